The van der Waals surface area contributed by atoms with Crippen LogP contribution >= 0.6 is 0 Å². The summed E-state index contributed by atoms with van der Waals surface area (Å²) in [5.41, 5.74) is 4.47. The summed E-state index contributed by atoms with van der Waals surface area (Å²) in [6.07, 6.45) is 3.75. The fraction of sp³-hybridized carbons (Fsp3) is 0.500. The van der Waals surface area contributed by atoms with Crippen LogP contribution in [0, 0.1) is 0 Å². The van der Waals surface area contributed by atoms with Gasteiger partial charge in [-0.05, 0) is 42.0 Å². The molecule has 0 amide bonds. The Labute approximate surface area is 84.3 Å². The molecule has 0 saturated carbocycles. The van der Waals surface area contributed by atoms with Crippen molar-refractivity contribution < 1.29 is 4.74 Å². The molecule has 2 aliphatic rings. The first kappa shape index (κ1) is 8.30. The summed E-state index contributed by atoms with van der Waals surface area (Å²) in [5.74, 6) is 1.08. The van der Waals surface area contributed by atoms with Crippen LogP contribution < -0.4 is 10.1 Å². The van der Waals surface area contributed by atoms with E-state index in [0.717, 1.165) is 12.3 Å². The van der Waals surface area contributed by atoms with Gasteiger partial charge in [-0.1, -0.05) is 6.07 Å². The molecule has 1 aromatic rings. The molecule has 1 aliphatic heterocycles. The summed E-state index contributed by atoms with van der Waals surface area (Å²) in [6.45, 7) is 1.04. The standard InChI is InChI=1S/C12H15NO/c1-14-11-6-5-8-7-13-10-4-2-3-9(11)12(8)10/h5-6,10,13H,2-4,7H2,1H3. The van der Waals surface area contributed by atoms with E-state index in [1.165, 1.54) is 36.0 Å². The third kappa shape index (κ3) is 1.01. The molecule has 1 atom stereocenters. The average Bonchev–Trinajstić information content (AvgIpc) is 2.65. The highest BCUT2D eigenvalue weighted by molar-refractivity contribution is 5.50. The molecule has 1 unspecified atom stereocenters. The van der Waals surface area contributed by atoms with Crippen LogP contribution in [0.2, 0.25) is 0 Å². The van der Waals surface area contributed by atoms with Gasteiger partial charge in [0.2, 0.25) is 0 Å². The molecule has 0 radical (unpaired) electrons. The molecule has 0 fully saturated rings. The number of hydrogen-bond donors (Lipinski definition) is 1. The van der Waals surface area contributed by atoms with E-state index in [2.05, 4.69) is 17.4 Å². The minimum Gasteiger partial charge on any atom is -0.496 e. The van der Waals surface area contributed by atoms with E-state index in [4.69, 9.17) is 4.74 Å². The molecule has 1 heterocycles. The van der Waals surface area contributed by atoms with Crippen molar-refractivity contribution in [1.82, 2.24) is 5.32 Å². The maximum absolute atomic E-state index is 5.42. The Balaban J connectivity index is 2.20. The van der Waals surface area contributed by atoms with Gasteiger partial charge in [0.15, 0.2) is 0 Å². The molecule has 0 saturated heterocycles. The summed E-state index contributed by atoms with van der Waals surface area (Å²) in [6, 6.07) is 4.92. The Bertz CT molecular complexity index is 373. The normalized spacial score (nSPS) is 23.4. The van der Waals surface area contributed by atoms with Crippen LogP contribution in [0.3, 0.4) is 0 Å². The fourth-order valence-electron chi connectivity index (χ4n) is 2.80. The summed E-state index contributed by atoms with van der Waals surface area (Å²) in [7, 11) is 1.77. The van der Waals surface area contributed by atoms with Gasteiger partial charge < -0.3 is 10.1 Å². The predicted molar refractivity (Wildman–Crippen MR) is 55.5 cm³/mol. The highest BCUT2D eigenvalue weighted by atomic mass is 16.5. The van der Waals surface area contributed by atoms with Crippen molar-refractivity contribution in [2.75, 3.05) is 7.11 Å². The molecule has 0 aromatic heterocycles. The highest BCUT2D eigenvalue weighted by Gasteiger charge is 2.29. The van der Waals surface area contributed by atoms with Crippen molar-refractivity contribution in [2.45, 2.75) is 31.8 Å². The van der Waals surface area contributed by atoms with E-state index < -0.39 is 0 Å². The Morgan fingerprint density at radius 1 is 1.43 bits per heavy atom. The van der Waals surface area contributed by atoms with Crippen molar-refractivity contribution in [3.63, 3.8) is 0 Å². The van der Waals surface area contributed by atoms with Crippen molar-refractivity contribution in [3.05, 3.63) is 28.8 Å². The molecule has 1 aliphatic carbocycles. The zero-order valence-electron chi connectivity index (χ0n) is 8.47. The zero-order valence-corrected chi connectivity index (χ0v) is 8.47. The molecule has 1 N–H and O–H groups in total. The lowest BCUT2D eigenvalue weighted by atomic mass is 9.86. The van der Waals surface area contributed by atoms with Crippen LogP contribution in [0.4, 0.5) is 0 Å². The van der Waals surface area contributed by atoms with Crippen LogP contribution in [0.25, 0.3) is 0 Å². The molecule has 74 valence electrons. The molecular weight excluding hydrogens is 174 g/mol. The van der Waals surface area contributed by atoms with Gasteiger partial charge in [0.1, 0.15) is 5.75 Å². The third-order valence-electron chi connectivity index (χ3n) is 3.43. The van der Waals surface area contributed by atoms with Crippen molar-refractivity contribution in [1.29, 1.82) is 0 Å². The van der Waals surface area contributed by atoms with Gasteiger partial charge in [0.05, 0.1) is 7.11 Å². The fourth-order valence-corrected chi connectivity index (χ4v) is 2.80. The van der Waals surface area contributed by atoms with Crippen LogP contribution in [-0.4, -0.2) is 7.11 Å². The lowest BCUT2D eigenvalue weighted by Gasteiger charge is -2.23. The van der Waals surface area contributed by atoms with Gasteiger partial charge in [0.25, 0.3) is 0 Å². The first-order valence-electron chi connectivity index (χ1n) is 5.32. The maximum Gasteiger partial charge on any atom is 0.122 e. The number of benzene rings is 1. The van der Waals surface area contributed by atoms with Gasteiger partial charge in [-0.2, -0.15) is 0 Å². The predicted octanol–water partition coefficient (Wildman–Crippen LogP) is 2.18. The summed E-state index contributed by atoms with van der Waals surface area (Å²) in [5, 5.41) is 3.56. The summed E-state index contributed by atoms with van der Waals surface area (Å²) >= 11 is 0. The van der Waals surface area contributed by atoms with E-state index in [-0.39, 0.29) is 0 Å². The number of nitrogens with one attached hydrogen (secondary N) is 1. The molecular formula is C12H15NO. The quantitative estimate of drug-likeness (QED) is 0.731. The monoisotopic (exact) mass is 189 g/mol. The maximum atomic E-state index is 5.42. The van der Waals surface area contributed by atoms with E-state index in [1.807, 2.05) is 0 Å². The zero-order chi connectivity index (χ0) is 9.54. The molecule has 2 nitrogen and oxygen atoms in total. The average molecular weight is 189 g/mol. The van der Waals surface area contributed by atoms with Crippen LogP contribution in [0.1, 0.15) is 35.6 Å². The van der Waals surface area contributed by atoms with Crippen molar-refractivity contribution in [3.8, 4) is 5.75 Å². The Morgan fingerprint density at radius 2 is 2.36 bits per heavy atom. The van der Waals surface area contributed by atoms with Crippen molar-refractivity contribution >= 4 is 0 Å². The highest BCUT2D eigenvalue weighted by Crippen LogP contribution is 2.40. The number of ether oxygens (including phenoxy) is 1. The van der Waals surface area contributed by atoms with E-state index in [9.17, 15) is 0 Å². The first-order chi connectivity index (χ1) is 6.90. The van der Waals surface area contributed by atoms with E-state index >= 15 is 0 Å². The summed E-state index contributed by atoms with van der Waals surface area (Å²) < 4.78 is 5.42. The largest absolute Gasteiger partial charge is 0.496 e. The second-order valence-electron chi connectivity index (χ2n) is 4.14. The van der Waals surface area contributed by atoms with Gasteiger partial charge in [-0.15, -0.1) is 0 Å². The smallest absolute Gasteiger partial charge is 0.122 e. The SMILES string of the molecule is COc1ccc2c3c1CCCC3NC2. The minimum atomic E-state index is 0.601. The van der Waals surface area contributed by atoms with Gasteiger partial charge in [-0.3, -0.25) is 0 Å². The summed E-state index contributed by atoms with van der Waals surface area (Å²) in [4.78, 5) is 0. The lowest BCUT2D eigenvalue weighted by Crippen LogP contribution is -2.16. The molecule has 1 aromatic carbocycles. The topological polar surface area (TPSA) is 21.3 Å². The second-order valence-corrected chi connectivity index (χ2v) is 4.14. The van der Waals surface area contributed by atoms with Crippen molar-refractivity contribution in [2.24, 2.45) is 0 Å². The number of hydrogen-bond acceptors (Lipinski definition) is 2. The van der Waals surface area contributed by atoms with Crippen LogP contribution in [0.15, 0.2) is 12.1 Å². The van der Waals surface area contributed by atoms with Gasteiger partial charge in [-0.25, -0.2) is 0 Å². The number of rotatable bonds is 1. The lowest BCUT2D eigenvalue weighted by molar-refractivity contribution is 0.401. The van der Waals surface area contributed by atoms with Crippen LogP contribution in [-0.2, 0) is 13.0 Å². The van der Waals surface area contributed by atoms with E-state index in [0.29, 0.717) is 6.04 Å². The Kier molecular flexibility index (Phi) is 1.77. The molecule has 14 heavy (non-hydrogen) atoms. The van der Waals surface area contributed by atoms with Gasteiger partial charge in [0, 0.05) is 12.6 Å². The third-order valence-corrected chi connectivity index (χ3v) is 3.43. The molecule has 0 spiro atoms. The second kappa shape index (κ2) is 2.99. The first-order valence-corrected chi connectivity index (χ1v) is 5.32. The van der Waals surface area contributed by atoms with Gasteiger partial charge >= 0.3 is 0 Å². The Hall–Kier alpha value is -1.02. The number of methoxy groups -OCH3 is 1. The molecule has 0 bridgehead atoms. The molecule has 3 rings (SSSR count). The minimum absolute atomic E-state index is 0.601. The Morgan fingerprint density at radius 3 is 3.21 bits per heavy atom. The van der Waals surface area contributed by atoms with E-state index in [1.54, 1.807) is 7.11 Å². The van der Waals surface area contributed by atoms with Crippen LogP contribution in [0.5, 0.6) is 5.75 Å². The molecule has 2 heteroatoms.